The minimum atomic E-state index is -0.555. The number of nitrogens with one attached hydrogen (secondary N) is 1. The fourth-order valence-corrected chi connectivity index (χ4v) is 2.64. The Balaban J connectivity index is 1.89. The minimum Gasteiger partial charge on any atom is -0.352 e. The number of halogens is 2. The molecule has 5 heteroatoms. The molecule has 2 rings (SSSR count). The number of aromatic nitrogens is 1. The highest BCUT2D eigenvalue weighted by Gasteiger charge is 2.19. The van der Waals surface area contributed by atoms with Crippen LogP contribution in [0.2, 0.25) is 5.15 Å². The Bertz CT molecular complexity index is 459. The maximum Gasteiger partial charge on any atom is 0.254 e. The summed E-state index contributed by atoms with van der Waals surface area (Å²) in [6, 6.07) is 1.12. The Labute approximate surface area is 117 Å². The van der Waals surface area contributed by atoms with Crippen molar-refractivity contribution >= 4 is 17.5 Å². The number of carbonyl (C=O) groups is 1. The zero-order valence-corrected chi connectivity index (χ0v) is 11.7. The molecule has 1 aromatic rings. The summed E-state index contributed by atoms with van der Waals surface area (Å²) in [4.78, 5) is 15.6. The van der Waals surface area contributed by atoms with Crippen LogP contribution in [0.15, 0.2) is 12.3 Å². The van der Waals surface area contributed by atoms with Gasteiger partial charge in [-0.25, -0.2) is 9.37 Å². The van der Waals surface area contributed by atoms with Crippen LogP contribution in [-0.4, -0.2) is 17.4 Å². The van der Waals surface area contributed by atoms with Crippen LogP contribution in [0.4, 0.5) is 4.39 Å². The normalized spacial score (nSPS) is 23.1. The number of carbonyl (C=O) groups excluding carboxylic acids is 1. The van der Waals surface area contributed by atoms with E-state index in [0.29, 0.717) is 12.5 Å². The van der Waals surface area contributed by atoms with E-state index < -0.39 is 5.82 Å². The molecule has 0 unspecified atom stereocenters. The summed E-state index contributed by atoms with van der Waals surface area (Å²) >= 11 is 5.79. The third kappa shape index (κ3) is 3.90. The molecule has 0 aliphatic heterocycles. The predicted molar refractivity (Wildman–Crippen MR) is 72.7 cm³/mol. The molecule has 1 fully saturated rings. The summed E-state index contributed by atoms with van der Waals surface area (Å²) in [5, 5.41) is 2.86. The van der Waals surface area contributed by atoms with Gasteiger partial charge in [-0.1, -0.05) is 31.4 Å². The first-order chi connectivity index (χ1) is 9.06. The van der Waals surface area contributed by atoms with Crippen LogP contribution >= 0.6 is 11.6 Å². The second-order valence-corrected chi connectivity index (χ2v) is 5.69. The summed E-state index contributed by atoms with van der Waals surface area (Å²) in [5.74, 6) is 0.394. The molecule has 19 heavy (non-hydrogen) atoms. The smallest absolute Gasteiger partial charge is 0.254 e. The van der Waals surface area contributed by atoms with Crippen molar-refractivity contribution in [1.82, 2.24) is 10.3 Å². The predicted octanol–water partition coefficient (Wildman–Crippen LogP) is 3.43. The third-order valence-electron chi connectivity index (χ3n) is 3.74. The van der Waals surface area contributed by atoms with Crippen molar-refractivity contribution in [3.05, 3.63) is 28.8 Å². The Hall–Kier alpha value is -1.16. The van der Waals surface area contributed by atoms with Crippen LogP contribution in [0, 0.1) is 17.7 Å². The molecule has 1 heterocycles. The summed E-state index contributed by atoms with van der Waals surface area (Å²) in [6.45, 7) is 2.88. The maximum atomic E-state index is 13.0. The van der Waals surface area contributed by atoms with Gasteiger partial charge < -0.3 is 5.32 Å². The van der Waals surface area contributed by atoms with Crippen LogP contribution in [0.25, 0.3) is 0 Å². The van der Waals surface area contributed by atoms with Crippen molar-refractivity contribution in [2.45, 2.75) is 32.6 Å². The number of rotatable bonds is 3. The molecule has 1 aliphatic carbocycles. The van der Waals surface area contributed by atoms with Crippen molar-refractivity contribution in [2.75, 3.05) is 6.54 Å². The Kier molecular flexibility index (Phi) is 4.75. The van der Waals surface area contributed by atoms with E-state index in [9.17, 15) is 9.18 Å². The number of hydrogen-bond acceptors (Lipinski definition) is 2. The van der Waals surface area contributed by atoms with Crippen molar-refractivity contribution in [3.8, 4) is 0 Å². The van der Waals surface area contributed by atoms with Crippen molar-refractivity contribution in [2.24, 2.45) is 11.8 Å². The van der Waals surface area contributed by atoms with Crippen LogP contribution in [-0.2, 0) is 0 Å². The molecular formula is C14H18ClFN2O. The van der Waals surface area contributed by atoms with E-state index in [1.807, 2.05) is 0 Å². The van der Waals surface area contributed by atoms with E-state index >= 15 is 0 Å². The Morgan fingerprint density at radius 3 is 2.84 bits per heavy atom. The van der Waals surface area contributed by atoms with Crippen LogP contribution in [0.1, 0.15) is 43.0 Å². The van der Waals surface area contributed by atoms with E-state index in [-0.39, 0.29) is 16.6 Å². The molecule has 1 N–H and O–H groups in total. The van der Waals surface area contributed by atoms with Gasteiger partial charge in [-0.15, -0.1) is 0 Å². The zero-order chi connectivity index (χ0) is 13.8. The Morgan fingerprint density at radius 1 is 1.47 bits per heavy atom. The van der Waals surface area contributed by atoms with Gasteiger partial charge in [0, 0.05) is 6.54 Å². The molecule has 0 saturated heterocycles. The highest BCUT2D eigenvalue weighted by Crippen LogP contribution is 2.27. The molecule has 1 aromatic heterocycles. The number of pyridine rings is 1. The molecule has 0 atom stereocenters. The lowest BCUT2D eigenvalue weighted by atomic mass is 9.83. The van der Waals surface area contributed by atoms with Gasteiger partial charge >= 0.3 is 0 Å². The fraction of sp³-hybridized carbons (Fsp3) is 0.571. The highest BCUT2D eigenvalue weighted by atomic mass is 35.5. The first-order valence-electron chi connectivity index (χ1n) is 6.65. The average Bonchev–Trinajstić information content (AvgIpc) is 2.40. The van der Waals surface area contributed by atoms with Gasteiger partial charge in [0.25, 0.3) is 5.91 Å². The molecular weight excluding hydrogens is 267 g/mol. The lowest BCUT2D eigenvalue weighted by Crippen LogP contribution is -2.31. The van der Waals surface area contributed by atoms with Crippen LogP contribution in [0.3, 0.4) is 0 Å². The lowest BCUT2D eigenvalue weighted by molar-refractivity contribution is 0.0941. The summed E-state index contributed by atoms with van der Waals surface area (Å²) in [7, 11) is 0. The first-order valence-corrected chi connectivity index (χ1v) is 7.03. The topological polar surface area (TPSA) is 42.0 Å². The van der Waals surface area contributed by atoms with Crippen molar-refractivity contribution < 1.29 is 9.18 Å². The second-order valence-electron chi connectivity index (χ2n) is 5.33. The van der Waals surface area contributed by atoms with Gasteiger partial charge in [-0.05, 0) is 30.7 Å². The van der Waals surface area contributed by atoms with Gasteiger partial charge in [-0.2, -0.15) is 0 Å². The van der Waals surface area contributed by atoms with Crippen molar-refractivity contribution in [1.29, 1.82) is 0 Å². The Morgan fingerprint density at radius 2 is 2.16 bits per heavy atom. The second kappa shape index (κ2) is 6.33. The SMILES string of the molecule is CC1CCC(CNC(=O)c2cc(F)cnc2Cl)CC1. The average molecular weight is 285 g/mol. The third-order valence-corrected chi connectivity index (χ3v) is 4.04. The largest absolute Gasteiger partial charge is 0.352 e. The summed E-state index contributed by atoms with van der Waals surface area (Å²) in [5.41, 5.74) is 0.103. The first kappa shape index (κ1) is 14.3. The standard InChI is InChI=1S/C14H18ClFN2O/c1-9-2-4-10(5-3-9)7-18-14(19)12-6-11(16)8-17-13(12)15/h6,8-10H,2-5,7H2,1H3,(H,18,19). The summed E-state index contributed by atoms with van der Waals surface area (Å²) in [6.07, 6.45) is 5.69. The zero-order valence-electron chi connectivity index (χ0n) is 11.0. The number of nitrogens with zero attached hydrogens (tertiary/aromatic N) is 1. The minimum absolute atomic E-state index is 0.0381. The van der Waals surface area contributed by atoms with E-state index in [4.69, 9.17) is 11.6 Å². The van der Waals surface area contributed by atoms with Gasteiger partial charge in [0.2, 0.25) is 0 Å². The van der Waals surface area contributed by atoms with Gasteiger partial charge in [0.05, 0.1) is 11.8 Å². The fourth-order valence-electron chi connectivity index (χ4n) is 2.45. The van der Waals surface area contributed by atoms with Gasteiger partial charge in [-0.3, -0.25) is 4.79 Å². The van der Waals surface area contributed by atoms with E-state index in [2.05, 4.69) is 17.2 Å². The number of amides is 1. The van der Waals surface area contributed by atoms with E-state index in [1.54, 1.807) is 0 Å². The van der Waals surface area contributed by atoms with Crippen molar-refractivity contribution in [3.63, 3.8) is 0 Å². The maximum absolute atomic E-state index is 13.0. The monoisotopic (exact) mass is 284 g/mol. The molecule has 0 aromatic carbocycles. The molecule has 0 bridgehead atoms. The molecule has 0 radical (unpaired) electrons. The van der Waals surface area contributed by atoms with Crippen LogP contribution in [0.5, 0.6) is 0 Å². The lowest BCUT2D eigenvalue weighted by Gasteiger charge is -2.26. The molecule has 1 amide bonds. The molecule has 104 valence electrons. The van der Waals surface area contributed by atoms with E-state index in [1.165, 1.54) is 12.8 Å². The van der Waals surface area contributed by atoms with Gasteiger partial charge in [0.15, 0.2) is 0 Å². The molecule has 0 spiro atoms. The molecule has 3 nitrogen and oxygen atoms in total. The number of hydrogen-bond donors (Lipinski definition) is 1. The van der Waals surface area contributed by atoms with Gasteiger partial charge in [0.1, 0.15) is 11.0 Å². The quantitative estimate of drug-likeness (QED) is 0.864. The highest BCUT2D eigenvalue weighted by molar-refractivity contribution is 6.32. The van der Waals surface area contributed by atoms with E-state index in [0.717, 1.165) is 31.0 Å². The molecule has 1 aliphatic rings. The molecule has 1 saturated carbocycles. The van der Waals surface area contributed by atoms with Crippen LogP contribution < -0.4 is 5.32 Å². The summed E-state index contributed by atoms with van der Waals surface area (Å²) < 4.78 is 13.0.